The van der Waals surface area contributed by atoms with Crippen LogP contribution < -0.4 is 11.3 Å². The smallest absolute Gasteiger partial charge is 0.301 e. The summed E-state index contributed by atoms with van der Waals surface area (Å²) in [4.78, 5) is 16.3. The third-order valence-corrected chi connectivity index (χ3v) is 3.77. The first-order chi connectivity index (χ1) is 10.2. The Hall–Kier alpha value is -1.37. The largest absolute Gasteiger partial charge is 0.459 e. The van der Waals surface area contributed by atoms with Crippen LogP contribution in [0.2, 0.25) is 0 Å². The number of furan rings is 1. The Balaban J connectivity index is 2.51. The third kappa shape index (κ3) is 5.49. The van der Waals surface area contributed by atoms with Crippen LogP contribution in [-0.4, -0.2) is 48.4 Å². The number of nitrogen functional groups attached to an aromatic ring is 1. The maximum atomic E-state index is 11.6. The molecule has 0 saturated heterocycles. The molecule has 6 nitrogen and oxygen atoms in total. The van der Waals surface area contributed by atoms with Crippen molar-refractivity contribution in [3.63, 3.8) is 0 Å². The number of rotatable bonds is 10. The van der Waals surface area contributed by atoms with E-state index in [0.717, 1.165) is 44.7 Å². The van der Waals surface area contributed by atoms with Gasteiger partial charge in [0.2, 0.25) is 0 Å². The third-order valence-electron chi connectivity index (χ3n) is 3.77. The summed E-state index contributed by atoms with van der Waals surface area (Å²) in [6, 6.07) is 1.83. The highest BCUT2D eigenvalue weighted by atomic mass is 16.3. The first-order valence-corrected chi connectivity index (χ1v) is 7.68. The van der Waals surface area contributed by atoms with Gasteiger partial charge in [0.05, 0.1) is 6.26 Å². The highest BCUT2D eigenvalue weighted by Crippen LogP contribution is 2.13. The van der Waals surface area contributed by atoms with E-state index in [0.29, 0.717) is 12.3 Å². The molecule has 1 aromatic heterocycles. The van der Waals surface area contributed by atoms with Crippen molar-refractivity contribution in [3.8, 4) is 0 Å². The minimum atomic E-state index is -0.380. The summed E-state index contributed by atoms with van der Waals surface area (Å²) in [5.41, 5.74) is 2.99. The minimum absolute atomic E-state index is 0.305. The summed E-state index contributed by atoms with van der Waals surface area (Å²) in [6.07, 6.45) is 2.65. The molecular weight excluding hydrogens is 268 g/mol. The number of nitrogens with zero attached hydrogens (tertiary/aromatic N) is 2. The lowest BCUT2D eigenvalue weighted by molar-refractivity contribution is 0.0923. The summed E-state index contributed by atoms with van der Waals surface area (Å²) < 4.78 is 5.21. The van der Waals surface area contributed by atoms with E-state index in [2.05, 4.69) is 36.0 Å². The van der Waals surface area contributed by atoms with Gasteiger partial charge in [-0.05, 0) is 45.2 Å². The van der Waals surface area contributed by atoms with Crippen LogP contribution in [0, 0.1) is 0 Å². The van der Waals surface area contributed by atoms with Crippen LogP contribution in [-0.2, 0) is 6.54 Å². The van der Waals surface area contributed by atoms with Crippen LogP contribution in [0.4, 0.5) is 0 Å². The fourth-order valence-electron chi connectivity index (χ4n) is 2.37. The topological polar surface area (TPSA) is 74.7 Å². The zero-order valence-corrected chi connectivity index (χ0v) is 13.4. The molecule has 1 rings (SSSR count). The van der Waals surface area contributed by atoms with Crippen molar-refractivity contribution < 1.29 is 9.21 Å². The second kappa shape index (κ2) is 9.55. The molecule has 0 aliphatic heterocycles. The van der Waals surface area contributed by atoms with Crippen molar-refractivity contribution in [3.05, 3.63) is 23.7 Å². The van der Waals surface area contributed by atoms with E-state index in [-0.39, 0.29) is 5.91 Å². The molecule has 0 bridgehead atoms. The van der Waals surface area contributed by atoms with E-state index in [1.165, 1.54) is 6.26 Å². The molecule has 0 fully saturated rings. The Morgan fingerprint density at radius 1 is 1.19 bits per heavy atom. The molecule has 1 heterocycles. The van der Waals surface area contributed by atoms with Gasteiger partial charge in [-0.25, -0.2) is 5.84 Å². The van der Waals surface area contributed by atoms with Gasteiger partial charge < -0.3 is 9.32 Å². The van der Waals surface area contributed by atoms with E-state index < -0.39 is 0 Å². The van der Waals surface area contributed by atoms with Crippen molar-refractivity contribution in [1.82, 2.24) is 15.2 Å². The predicted molar refractivity (Wildman–Crippen MR) is 83.7 cm³/mol. The van der Waals surface area contributed by atoms with Gasteiger partial charge in [-0.15, -0.1) is 0 Å². The number of amides is 1. The number of carbonyl (C=O) groups excluding carboxylic acids is 1. The van der Waals surface area contributed by atoms with E-state index >= 15 is 0 Å². The average Bonchev–Trinajstić information content (AvgIpc) is 2.97. The van der Waals surface area contributed by atoms with Crippen molar-refractivity contribution in [1.29, 1.82) is 0 Å². The van der Waals surface area contributed by atoms with E-state index in [1.807, 2.05) is 6.07 Å². The molecule has 0 spiro atoms. The molecule has 0 saturated carbocycles. The van der Waals surface area contributed by atoms with Gasteiger partial charge in [0.25, 0.3) is 0 Å². The van der Waals surface area contributed by atoms with Gasteiger partial charge in [-0.2, -0.15) is 0 Å². The van der Waals surface area contributed by atoms with Crippen molar-refractivity contribution in [2.45, 2.75) is 33.7 Å². The number of nitrogens with one attached hydrogen (secondary N) is 1. The molecular formula is C15H28N4O2. The molecule has 1 amide bonds. The van der Waals surface area contributed by atoms with Crippen LogP contribution in [0.3, 0.4) is 0 Å². The molecule has 120 valence electrons. The summed E-state index contributed by atoms with van der Waals surface area (Å²) in [7, 11) is 0. The molecule has 6 heteroatoms. The van der Waals surface area contributed by atoms with Crippen LogP contribution in [0.1, 0.15) is 43.3 Å². The Morgan fingerprint density at radius 3 is 2.38 bits per heavy atom. The fraction of sp³-hybridized carbons (Fsp3) is 0.667. The van der Waals surface area contributed by atoms with Crippen LogP contribution >= 0.6 is 0 Å². The summed E-state index contributed by atoms with van der Waals surface area (Å²) in [5, 5.41) is 0. The van der Waals surface area contributed by atoms with Crippen molar-refractivity contribution >= 4 is 5.91 Å². The Labute approximate surface area is 127 Å². The zero-order chi connectivity index (χ0) is 15.7. The van der Waals surface area contributed by atoms with Crippen LogP contribution in [0.5, 0.6) is 0 Å². The predicted octanol–water partition coefficient (Wildman–Crippen LogP) is 1.44. The number of nitrogens with two attached hydrogens (primary N) is 1. The Bertz CT molecular complexity index is 416. The van der Waals surface area contributed by atoms with Gasteiger partial charge in [-0.3, -0.25) is 15.1 Å². The van der Waals surface area contributed by atoms with Gasteiger partial charge in [-0.1, -0.05) is 20.8 Å². The Kier molecular flexibility index (Phi) is 8.04. The summed E-state index contributed by atoms with van der Waals surface area (Å²) >= 11 is 0. The van der Waals surface area contributed by atoms with E-state index in [4.69, 9.17) is 10.3 Å². The maximum absolute atomic E-state index is 11.6. The van der Waals surface area contributed by atoms with Crippen molar-refractivity contribution in [2.75, 3.05) is 32.7 Å². The molecule has 0 radical (unpaired) electrons. The number of carbonyl (C=O) groups is 1. The van der Waals surface area contributed by atoms with Gasteiger partial charge in [0.1, 0.15) is 0 Å². The molecule has 0 aliphatic rings. The number of hydrogen-bond donors (Lipinski definition) is 2. The van der Waals surface area contributed by atoms with Gasteiger partial charge in [0, 0.05) is 12.1 Å². The lowest BCUT2D eigenvalue weighted by Gasteiger charge is -2.23. The van der Waals surface area contributed by atoms with Gasteiger partial charge >= 0.3 is 5.91 Å². The molecule has 0 aromatic carbocycles. The second-order valence-corrected chi connectivity index (χ2v) is 5.00. The average molecular weight is 296 g/mol. The zero-order valence-electron chi connectivity index (χ0n) is 13.4. The van der Waals surface area contributed by atoms with Crippen LogP contribution in [0.15, 0.2) is 16.7 Å². The fourth-order valence-corrected chi connectivity index (χ4v) is 2.37. The maximum Gasteiger partial charge on any atom is 0.301 e. The van der Waals surface area contributed by atoms with E-state index in [9.17, 15) is 4.79 Å². The van der Waals surface area contributed by atoms with E-state index in [1.54, 1.807) is 0 Å². The molecule has 3 N–H and O–H groups in total. The standard InChI is InChI=1S/C15H28N4O2/c1-4-18(5-2)9-7-10-19(6-3)12-13-8-11-21-14(13)15(20)17-16/h8,11H,4-7,9-10,12,16H2,1-3H3,(H,17,20). The number of hydrogen-bond acceptors (Lipinski definition) is 5. The summed E-state index contributed by atoms with van der Waals surface area (Å²) in [5.74, 6) is 5.09. The monoisotopic (exact) mass is 296 g/mol. The number of hydrazine groups is 1. The van der Waals surface area contributed by atoms with Crippen LogP contribution in [0.25, 0.3) is 0 Å². The van der Waals surface area contributed by atoms with Crippen molar-refractivity contribution in [2.24, 2.45) is 5.84 Å². The SMILES string of the molecule is CCN(CC)CCCN(CC)Cc1ccoc1C(=O)NN. The lowest BCUT2D eigenvalue weighted by atomic mass is 10.2. The first kappa shape index (κ1) is 17.7. The highest BCUT2D eigenvalue weighted by Gasteiger charge is 2.16. The lowest BCUT2D eigenvalue weighted by Crippen LogP contribution is -2.32. The minimum Gasteiger partial charge on any atom is -0.459 e. The quantitative estimate of drug-likeness (QED) is 0.388. The summed E-state index contributed by atoms with van der Waals surface area (Å²) in [6.45, 7) is 12.4. The first-order valence-electron chi connectivity index (χ1n) is 7.68. The molecule has 21 heavy (non-hydrogen) atoms. The van der Waals surface area contributed by atoms with Gasteiger partial charge in [0.15, 0.2) is 5.76 Å². The normalized spacial score (nSPS) is 11.3. The molecule has 0 aliphatic carbocycles. The highest BCUT2D eigenvalue weighted by molar-refractivity contribution is 5.92. The molecule has 1 aromatic rings. The molecule has 0 unspecified atom stereocenters. The Morgan fingerprint density at radius 2 is 1.81 bits per heavy atom. The molecule has 0 atom stereocenters. The second-order valence-electron chi connectivity index (χ2n) is 5.00.